The van der Waals surface area contributed by atoms with Crippen molar-refractivity contribution in [2.24, 2.45) is 0 Å². The van der Waals surface area contributed by atoms with E-state index >= 15 is 0 Å². The first kappa shape index (κ1) is 17.3. The van der Waals surface area contributed by atoms with Gasteiger partial charge in [0.25, 0.3) is 0 Å². The first-order chi connectivity index (χ1) is 12.8. The zero-order valence-corrected chi connectivity index (χ0v) is 15.5. The highest BCUT2D eigenvalue weighted by Gasteiger charge is 2.33. The zero-order chi connectivity index (χ0) is 17.8. The average Bonchev–Trinajstić information content (AvgIpc) is 3.05. The first-order valence-electron chi connectivity index (χ1n) is 9.11. The van der Waals surface area contributed by atoms with Gasteiger partial charge < -0.3 is 0 Å². The largest absolute Gasteiger partial charge is 0.279 e. The van der Waals surface area contributed by atoms with Gasteiger partial charge in [0.05, 0.1) is 6.17 Å². The molecule has 0 radical (unpaired) electrons. The van der Waals surface area contributed by atoms with Gasteiger partial charge in [0.15, 0.2) is 0 Å². The molecule has 1 heterocycles. The molecule has 2 nitrogen and oxygen atoms in total. The van der Waals surface area contributed by atoms with Crippen LogP contribution in [-0.4, -0.2) is 22.9 Å². The van der Waals surface area contributed by atoms with Crippen molar-refractivity contribution in [1.29, 1.82) is 0 Å². The molecule has 1 aliphatic heterocycles. The molecule has 0 atom stereocenters. The Labute approximate surface area is 160 Å². The van der Waals surface area contributed by atoms with E-state index < -0.39 is 0 Å². The predicted molar refractivity (Wildman–Crippen MR) is 108 cm³/mol. The molecule has 0 spiro atoms. The zero-order valence-electron chi connectivity index (χ0n) is 14.8. The number of benzene rings is 3. The van der Waals surface area contributed by atoms with Gasteiger partial charge in [-0.1, -0.05) is 84.4 Å². The molecule has 1 saturated heterocycles. The molecule has 0 aromatic heterocycles. The lowest BCUT2D eigenvalue weighted by molar-refractivity contribution is 0.126. The Morgan fingerprint density at radius 1 is 0.692 bits per heavy atom. The summed E-state index contributed by atoms with van der Waals surface area (Å²) in [5.74, 6) is 0. The maximum atomic E-state index is 6.30. The van der Waals surface area contributed by atoms with Crippen molar-refractivity contribution < 1.29 is 0 Å². The van der Waals surface area contributed by atoms with Crippen molar-refractivity contribution in [3.8, 4) is 0 Å². The van der Waals surface area contributed by atoms with Gasteiger partial charge in [-0.15, -0.1) is 0 Å². The van der Waals surface area contributed by atoms with Crippen molar-refractivity contribution >= 4 is 11.6 Å². The lowest BCUT2D eigenvalue weighted by Gasteiger charge is -2.31. The van der Waals surface area contributed by atoms with Gasteiger partial charge in [-0.25, -0.2) is 0 Å². The summed E-state index contributed by atoms with van der Waals surface area (Å²) < 4.78 is 0. The lowest BCUT2D eigenvalue weighted by atomic mass is 10.1. The minimum Gasteiger partial charge on any atom is -0.279 e. The molecule has 132 valence electrons. The van der Waals surface area contributed by atoms with Crippen LogP contribution in [0.4, 0.5) is 0 Å². The number of hydrogen-bond acceptors (Lipinski definition) is 2. The molecule has 4 rings (SSSR count). The summed E-state index contributed by atoms with van der Waals surface area (Å²) in [7, 11) is 0. The Kier molecular flexibility index (Phi) is 5.35. The highest BCUT2D eigenvalue weighted by Crippen LogP contribution is 2.33. The fraction of sp³-hybridized carbons (Fsp3) is 0.217. The van der Waals surface area contributed by atoms with Crippen LogP contribution in [0.15, 0.2) is 84.9 Å². The number of rotatable bonds is 5. The van der Waals surface area contributed by atoms with E-state index in [0.29, 0.717) is 0 Å². The van der Waals surface area contributed by atoms with E-state index in [1.54, 1.807) is 0 Å². The quantitative estimate of drug-likeness (QED) is 0.603. The first-order valence-corrected chi connectivity index (χ1v) is 9.49. The van der Waals surface area contributed by atoms with Crippen molar-refractivity contribution in [3.63, 3.8) is 0 Å². The number of halogens is 1. The van der Waals surface area contributed by atoms with Crippen LogP contribution >= 0.6 is 11.6 Å². The van der Waals surface area contributed by atoms with E-state index in [4.69, 9.17) is 11.6 Å². The summed E-state index contributed by atoms with van der Waals surface area (Å²) in [5, 5.41) is 0.800. The molecule has 0 N–H and O–H groups in total. The van der Waals surface area contributed by atoms with E-state index in [1.807, 2.05) is 6.07 Å². The Morgan fingerprint density at radius 2 is 1.23 bits per heavy atom. The average molecular weight is 363 g/mol. The minimum absolute atomic E-state index is 0.245. The number of hydrogen-bond donors (Lipinski definition) is 0. The molecule has 0 saturated carbocycles. The normalized spacial score (nSPS) is 16.2. The smallest absolute Gasteiger partial charge is 0.0893 e. The highest BCUT2D eigenvalue weighted by molar-refractivity contribution is 6.30. The molecule has 1 fully saturated rings. The van der Waals surface area contributed by atoms with E-state index in [9.17, 15) is 0 Å². The molecule has 0 unspecified atom stereocenters. The second-order valence-corrected chi connectivity index (χ2v) is 7.28. The van der Waals surface area contributed by atoms with Crippen molar-refractivity contribution in [2.45, 2.75) is 19.3 Å². The Morgan fingerprint density at radius 3 is 1.73 bits per heavy atom. The summed E-state index contributed by atoms with van der Waals surface area (Å²) in [4.78, 5) is 5.09. The molecule has 0 amide bonds. The van der Waals surface area contributed by atoms with Gasteiger partial charge >= 0.3 is 0 Å². The van der Waals surface area contributed by atoms with Crippen LogP contribution in [-0.2, 0) is 13.1 Å². The van der Waals surface area contributed by atoms with E-state index in [0.717, 1.165) is 31.2 Å². The van der Waals surface area contributed by atoms with Gasteiger partial charge in [0.1, 0.15) is 0 Å². The van der Waals surface area contributed by atoms with Crippen molar-refractivity contribution in [1.82, 2.24) is 9.80 Å². The SMILES string of the molecule is Clc1cccc(C2N(Cc3ccccc3)CCN2Cc2ccccc2)c1. The van der Waals surface area contributed by atoms with Crippen LogP contribution < -0.4 is 0 Å². The van der Waals surface area contributed by atoms with Crippen LogP contribution in [0.1, 0.15) is 22.9 Å². The molecule has 3 aromatic rings. The highest BCUT2D eigenvalue weighted by atomic mass is 35.5. The fourth-order valence-electron chi connectivity index (χ4n) is 3.79. The molecule has 0 bridgehead atoms. The van der Waals surface area contributed by atoms with Gasteiger partial charge in [-0.3, -0.25) is 9.80 Å². The van der Waals surface area contributed by atoms with Crippen LogP contribution in [0.2, 0.25) is 5.02 Å². The van der Waals surface area contributed by atoms with Gasteiger partial charge in [-0.2, -0.15) is 0 Å². The van der Waals surface area contributed by atoms with E-state index in [-0.39, 0.29) is 6.17 Å². The standard InChI is InChI=1S/C23H23ClN2/c24-22-13-7-12-21(16-22)23-25(17-19-8-3-1-4-9-19)14-15-26(23)18-20-10-5-2-6-11-20/h1-13,16,23H,14-15,17-18H2. The third-order valence-electron chi connectivity index (χ3n) is 4.97. The summed E-state index contributed by atoms with van der Waals surface area (Å²) in [5.41, 5.74) is 3.96. The topological polar surface area (TPSA) is 6.48 Å². The van der Waals surface area contributed by atoms with Crippen molar-refractivity contribution in [3.05, 3.63) is 107 Å². The van der Waals surface area contributed by atoms with Crippen LogP contribution in [0.5, 0.6) is 0 Å². The molecule has 0 aliphatic carbocycles. The van der Waals surface area contributed by atoms with Gasteiger partial charge in [0, 0.05) is 31.2 Å². The van der Waals surface area contributed by atoms with E-state index in [2.05, 4.69) is 88.7 Å². The maximum absolute atomic E-state index is 6.30. The Hall–Kier alpha value is -2.13. The van der Waals surface area contributed by atoms with Crippen molar-refractivity contribution in [2.75, 3.05) is 13.1 Å². The third kappa shape index (κ3) is 3.99. The molecular formula is C23H23ClN2. The van der Waals surface area contributed by atoms with Gasteiger partial charge in [-0.05, 0) is 28.8 Å². The molecule has 3 aromatic carbocycles. The fourth-order valence-corrected chi connectivity index (χ4v) is 3.99. The third-order valence-corrected chi connectivity index (χ3v) is 5.21. The molecule has 26 heavy (non-hydrogen) atoms. The minimum atomic E-state index is 0.245. The molecule has 1 aliphatic rings. The summed E-state index contributed by atoms with van der Waals surface area (Å²) in [6, 6.07) is 29.7. The Bertz CT molecular complexity index is 786. The molecular weight excluding hydrogens is 340 g/mol. The van der Waals surface area contributed by atoms with Crippen LogP contribution in [0, 0.1) is 0 Å². The maximum Gasteiger partial charge on any atom is 0.0893 e. The number of nitrogens with zero attached hydrogens (tertiary/aromatic N) is 2. The monoisotopic (exact) mass is 362 g/mol. The second-order valence-electron chi connectivity index (χ2n) is 6.84. The summed E-state index contributed by atoms with van der Waals surface area (Å²) in [6.07, 6.45) is 0.245. The molecule has 3 heteroatoms. The van der Waals surface area contributed by atoms with Crippen LogP contribution in [0.25, 0.3) is 0 Å². The van der Waals surface area contributed by atoms with Crippen LogP contribution in [0.3, 0.4) is 0 Å². The predicted octanol–water partition coefficient (Wildman–Crippen LogP) is 5.36. The Balaban J connectivity index is 1.61. The van der Waals surface area contributed by atoms with Gasteiger partial charge in [0.2, 0.25) is 0 Å². The second kappa shape index (κ2) is 8.05. The summed E-state index contributed by atoms with van der Waals surface area (Å²) in [6.45, 7) is 4.00. The lowest BCUT2D eigenvalue weighted by Crippen LogP contribution is -2.30. The summed E-state index contributed by atoms with van der Waals surface area (Å²) >= 11 is 6.30. The van der Waals surface area contributed by atoms with E-state index in [1.165, 1.54) is 16.7 Å².